The first-order valence-corrected chi connectivity index (χ1v) is 9.55. The van der Waals surface area contributed by atoms with Crippen LogP contribution in [0.4, 0.5) is 5.69 Å². The molecule has 4 nitrogen and oxygen atoms in total. The Hall–Kier alpha value is -3.40. The number of imide groups is 1. The Labute approximate surface area is 165 Å². The summed E-state index contributed by atoms with van der Waals surface area (Å²) in [5.74, 6) is -0.402. The van der Waals surface area contributed by atoms with Gasteiger partial charge in [-0.1, -0.05) is 60.7 Å². The van der Waals surface area contributed by atoms with Crippen molar-refractivity contribution in [3.63, 3.8) is 0 Å². The topological polar surface area (TPSA) is 40.6 Å². The van der Waals surface area contributed by atoms with Crippen molar-refractivity contribution in [2.24, 2.45) is 0 Å². The Morgan fingerprint density at radius 3 is 1.86 bits per heavy atom. The molecule has 140 valence electrons. The van der Waals surface area contributed by atoms with Crippen LogP contribution in [0.15, 0.2) is 78.9 Å². The second-order valence-corrected chi connectivity index (χ2v) is 6.77. The maximum Gasteiger partial charge on any atom is 0.261 e. The van der Waals surface area contributed by atoms with Crippen LogP contribution in [0, 0.1) is 0 Å². The zero-order chi connectivity index (χ0) is 19.5. The molecule has 0 atom stereocenters. The van der Waals surface area contributed by atoms with Gasteiger partial charge >= 0.3 is 0 Å². The molecule has 3 aromatic carbocycles. The van der Waals surface area contributed by atoms with E-state index in [0.717, 1.165) is 23.4 Å². The Morgan fingerprint density at radius 2 is 1.25 bits per heavy atom. The monoisotopic (exact) mass is 370 g/mol. The maximum atomic E-state index is 12.6. The number of hydrogen-bond acceptors (Lipinski definition) is 3. The molecule has 1 aliphatic heterocycles. The summed E-state index contributed by atoms with van der Waals surface area (Å²) in [6.45, 7) is 3.83. The van der Waals surface area contributed by atoms with Crippen molar-refractivity contribution >= 4 is 17.5 Å². The minimum absolute atomic E-state index is 0.201. The highest BCUT2D eigenvalue weighted by atomic mass is 16.2. The number of rotatable bonds is 6. The number of fused-ring (bicyclic) bond motifs is 1. The number of benzene rings is 3. The lowest BCUT2D eigenvalue weighted by Crippen LogP contribution is -2.38. The van der Waals surface area contributed by atoms with Crippen molar-refractivity contribution in [3.8, 4) is 11.1 Å². The van der Waals surface area contributed by atoms with Crippen LogP contribution in [0.25, 0.3) is 11.1 Å². The molecule has 0 fully saturated rings. The molecule has 4 heteroatoms. The number of anilines is 1. The summed E-state index contributed by atoms with van der Waals surface area (Å²) in [7, 11) is 0. The highest BCUT2D eigenvalue weighted by molar-refractivity contribution is 6.21. The number of likely N-dealkylation sites (N-methyl/N-ethyl adjacent to an activating group) is 1. The summed E-state index contributed by atoms with van der Waals surface area (Å²) in [4.78, 5) is 28.8. The number of carbonyl (C=O) groups is 2. The highest BCUT2D eigenvalue weighted by Crippen LogP contribution is 2.31. The lowest BCUT2D eigenvalue weighted by molar-refractivity contribution is 0.0658. The molecule has 4 rings (SSSR count). The Bertz CT molecular complexity index is 979. The number of hydrogen-bond donors (Lipinski definition) is 0. The van der Waals surface area contributed by atoms with E-state index in [-0.39, 0.29) is 11.8 Å². The normalized spacial score (nSPS) is 13.0. The zero-order valence-electron chi connectivity index (χ0n) is 15.8. The van der Waals surface area contributed by atoms with Crippen LogP contribution in [-0.4, -0.2) is 36.3 Å². The standard InChI is InChI=1S/C24H22N2O2/c1-2-25(22-15-9-8-12-19(22)18-10-4-3-5-11-18)16-17-26-23(27)20-13-6-7-14-21(20)24(26)28/h3-15H,2,16-17H2,1H3. The predicted molar refractivity (Wildman–Crippen MR) is 112 cm³/mol. The van der Waals surface area contributed by atoms with Gasteiger partial charge in [0.15, 0.2) is 0 Å². The molecule has 0 aliphatic carbocycles. The first kappa shape index (κ1) is 18.0. The van der Waals surface area contributed by atoms with Crippen molar-refractivity contribution in [1.82, 2.24) is 4.90 Å². The molecule has 0 saturated carbocycles. The van der Waals surface area contributed by atoms with Crippen LogP contribution >= 0.6 is 0 Å². The largest absolute Gasteiger partial charge is 0.370 e. The van der Waals surface area contributed by atoms with Crippen molar-refractivity contribution in [2.45, 2.75) is 6.92 Å². The average molecular weight is 370 g/mol. The molecular formula is C24H22N2O2. The third kappa shape index (κ3) is 3.18. The van der Waals surface area contributed by atoms with Gasteiger partial charge in [-0.05, 0) is 30.7 Å². The van der Waals surface area contributed by atoms with Crippen LogP contribution in [0.2, 0.25) is 0 Å². The van der Waals surface area contributed by atoms with Gasteiger partial charge in [-0.15, -0.1) is 0 Å². The van der Waals surface area contributed by atoms with Gasteiger partial charge in [0.25, 0.3) is 11.8 Å². The third-order valence-corrected chi connectivity index (χ3v) is 5.18. The summed E-state index contributed by atoms with van der Waals surface area (Å²) in [5.41, 5.74) is 4.40. The average Bonchev–Trinajstić information content (AvgIpc) is 3.00. The van der Waals surface area contributed by atoms with Crippen LogP contribution < -0.4 is 4.90 Å². The summed E-state index contributed by atoms with van der Waals surface area (Å²) < 4.78 is 0. The summed E-state index contributed by atoms with van der Waals surface area (Å²) in [6.07, 6.45) is 0. The van der Waals surface area contributed by atoms with E-state index in [9.17, 15) is 9.59 Å². The SMILES string of the molecule is CCN(CCN1C(=O)c2ccccc2C1=O)c1ccccc1-c1ccccc1. The fourth-order valence-corrected chi connectivity index (χ4v) is 3.72. The van der Waals surface area contributed by atoms with Crippen molar-refractivity contribution in [2.75, 3.05) is 24.5 Å². The van der Waals surface area contributed by atoms with E-state index in [4.69, 9.17) is 0 Å². The Balaban J connectivity index is 1.56. The molecule has 28 heavy (non-hydrogen) atoms. The van der Waals surface area contributed by atoms with E-state index in [1.807, 2.05) is 30.3 Å². The molecule has 0 N–H and O–H groups in total. The number of nitrogens with zero attached hydrogens (tertiary/aromatic N) is 2. The van der Waals surface area contributed by atoms with Gasteiger partial charge in [0.2, 0.25) is 0 Å². The van der Waals surface area contributed by atoms with E-state index in [0.29, 0.717) is 24.2 Å². The predicted octanol–water partition coefficient (Wildman–Crippen LogP) is 4.48. The molecule has 0 unspecified atom stereocenters. The Morgan fingerprint density at radius 1 is 0.714 bits per heavy atom. The van der Waals surface area contributed by atoms with Crippen LogP contribution in [-0.2, 0) is 0 Å². The van der Waals surface area contributed by atoms with Gasteiger partial charge in [-0.3, -0.25) is 14.5 Å². The zero-order valence-corrected chi connectivity index (χ0v) is 15.8. The first-order chi connectivity index (χ1) is 13.7. The molecule has 1 aliphatic rings. The molecule has 0 bridgehead atoms. The fraction of sp³-hybridized carbons (Fsp3) is 0.167. The molecule has 1 heterocycles. The van der Waals surface area contributed by atoms with Crippen LogP contribution in [0.3, 0.4) is 0 Å². The molecule has 0 saturated heterocycles. The highest BCUT2D eigenvalue weighted by Gasteiger charge is 2.34. The number of amides is 2. The molecule has 3 aromatic rings. The lowest BCUT2D eigenvalue weighted by Gasteiger charge is -2.27. The molecule has 0 aromatic heterocycles. The van der Waals surface area contributed by atoms with E-state index in [1.54, 1.807) is 24.3 Å². The van der Waals surface area contributed by atoms with Crippen molar-refractivity contribution < 1.29 is 9.59 Å². The third-order valence-electron chi connectivity index (χ3n) is 5.18. The lowest BCUT2D eigenvalue weighted by atomic mass is 10.0. The van der Waals surface area contributed by atoms with Gasteiger partial charge in [0.05, 0.1) is 11.1 Å². The minimum atomic E-state index is -0.201. The summed E-state index contributed by atoms with van der Waals surface area (Å²) >= 11 is 0. The number of para-hydroxylation sites is 1. The van der Waals surface area contributed by atoms with Crippen molar-refractivity contribution in [1.29, 1.82) is 0 Å². The van der Waals surface area contributed by atoms with Crippen molar-refractivity contribution in [3.05, 3.63) is 90.0 Å². The van der Waals surface area contributed by atoms with Gasteiger partial charge in [0, 0.05) is 30.9 Å². The first-order valence-electron chi connectivity index (χ1n) is 9.55. The minimum Gasteiger partial charge on any atom is -0.370 e. The second-order valence-electron chi connectivity index (χ2n) is 6.77. The second kappa shape index (κ2) is 7.69. The fourth-order valence-electron chi connectivity index (χ4n) is 3.72. The van der Waals surface area contributed by atoms with E-state index < -0.39 is 0 Å². The van der Waals surface area contributed by atoms with Gasteiger partial charge < -0.3 is 4.90 Å². The quantitative estimate of drug-likeness (QED) is 0.601. The Kier molecular flexibility index (Phi) is 4.94. The molecular weight excluding hydrogens is 348 g/mol. The summed E-state index contributed by atoms with van der Waals surface area (Å²) in [6, 6.07) is 25.5. The summed E-state index contributed by atoms with van der Waals surface area (Å²) in [5, 5.41) is 0. The number of carbonyl (C=O) groups excluding carboxylic acids is 2. The molecule has 0 radical (unpaired) electrons. The van der Waals surface area contributed by atoms with E-state index in [1.165, 1.54) is 4.90 Å². The van der Waals surface area contributed by atoms with E-state index in [2.05, 4.69) is 36.1 Å². The molecule has 2 amide bonds. The molecule has 0 spiro atoms. The van der Waals surface area contributed by atoms with Gasteiger partial charge in [0.1, 0.15) is 0 Å². The van der Waals surface area contributed by atoms with Gasteiger partial charge in [-0.2, -0.15) is 0 Å². The van der Waals surface area contributed by atoms with Crippen LogP contribution in [0.5, 0.6) is 0 Å². The van der Waals surface area contributed by atoms with Crippen LogP contribution in [0.1, 0.15) is 27.6 Å². The van der Waals surface area contributed by atoms with Gasteiger partial charge in [-0.25, -0.2) is 0 Å². The smallest absolute Gasteiger partial charge is 0.261 e. The van der Waals surface area contributed by atoms with E-state index >= 15 is 0 Å². The maximum absolute atomic E-state index is 12.6.